The van der Waals surface area contributed by atoms with Gasteiger partial charge in [0.15, 0.2) is 0 Å². The lowest BCUT2D eigenvalue weighted by Gasteiger charge is -2.25. The molecule has 3 aromatic heterocycles. The quantitative estimate of drug-likeness (QED) is 0.414. The largest absolute Gasteiger partial charge is 0.475 e. The maximum Gasteiger partial charge on any atom is 0.219 e. The van der Waals surface area contributed by atoms with E-state index in [1.807, 2.05) is 24.0 Å². The molecule has 9 heteroatoms. The van der Waals surface area contributed by atoms with Gasteiger partial charge >= 0.3 is 0 Å². The summed E-state index contributed by atoms with van der Waals surface area (Å²) in [5.41, 5.74) is 4.34. The van der Waals surface area contributed by atoms with Crippen LogP contribution in [0.4, 0.5) is 0 Å². The zero-order chi connectivity index (χ0) is 24.4. The van der Waals surface area contributed by atoms with Gasteiger partial charge in [-0.1, -0.05) is 0 Å². The molecule has 0 saturated carbocycles. The van der Waals surface area contributed by atoms with Crippen molar-refractivity contribution in [2.75, 3.05) is 19.8 Å². The normalized spacial score (nSPS) is 15.5. The third-order valence-electron chi connectivity index (χ3n) is 6.10. The second kappa shape index (κ2) is 9.71. The Morgan fingerprint density at radius 2 is 2.06 bits per heavy atom. The summed E-state index contributed by atoms with van der Waals surface area (Å²) in [5, 5.41) is 9.89. The number of ether oxygens (including phenoxy) is 2. The van der Waals surface area contributed by atoms with E-state index in [1.54, 1.807) is 37.6 Å². The number of aryl methyl sites for hydroxylation is 1. The molecule has 1 atom stereocenters. The molecule has 9 nitrogen and oxygen atoms in total. The van der Waals surface area contributed by atoms with Crippen LogP contribution in [0, 0.1) is 6.92 Å². The lowest BCUT2D eigenvalue weighted by atomic mass is 10.0. The van der Waals surface area contributed by atoms with Gasteiger partial charge in [-0.15, -0.1) is 0 Å². The van der Waals surface area contributed by atoms with Crippen molar-refractivity contribution >= 4 is 16.8 Å². The number of aromatic amines is 1. The van der Waals surface area contributed by atoms with Crippen molar-refractivity contribution < 1.29 is 19.4 Å². The number of carbonyl (C=O) groups is 1. The summed E-state index contributed by atoms with van der Waals surface area (Å²) >= 11 is 0. The Labute approximate surface area is 202 Å². The highest BCUT2D eigenvalue weighted by atomic mass is 16.5. The van der Waals surface area contributed by atoms with Crippen molar-refractivity contribution in [2.45, 2.75) is 32.7 Å². The lowest BCUT2D eigenvalue weighted by molar-refractivity contribution is -0.129. The van der Waals surface area contributed by atoms with E-state index in [0.29, 0.717) is 17.4 Å². The zero-order valence-electron chi connectivity index (χ0n) is 19.7. The summed E-state index contributed by atoms with van der Waals surface area (Å²) in [7, 11) is 0. The summed E-state index contributed by atoms with van der Waals surface area (Å²) in [6.45, 7) is 4.34. The number of rotatable bonds is 7. The fourth-order valence-corrected chi connectivity index (χ4v) is 4.45. The van der Waals surface area contributed by atoms with E-state index < -0.39 is 0 Å². The van der Waals surface area contributed by atoms with Crippen molar-refractivity contribution in [3.8, 4) is 28.8 Å². The molecule has 0 radical (unpaired) electrons. The van der Waals surface area contributed by atoms with Crippen LogP contribution >= 0.6 is 0 Å². The van der Waals surface area contributed by atoms with Crippen molar-refractivity contribution in [3.05, 3.63) is 60.2 Å². The van der Waals surface area contributed by atoms with Crippen LogP contribution in [0.5, 0.6) is 17.4 Å². The minimum Gasteiger partial charge on any atom is -0.475 e. The van der Waals surface area contributed by atoms with Crippen LogP contribution in [0.15, 0.2) is 48.9 Å². The molecule has 35 heavy (non-hydrogen) atoms. The lowest BCUT2D eigenvalue weighted by Crippen LogP contribution is -2.28. The molecule has 0 unspecified atom stereocenters. The molecule has 2 N–H and O–H groups in total. The summed E-state index contributed by atoms with van der Waals surface area (Å²) in [5.74, 6) is 1.68. The molecule has 0 spiro atoms. The highest BCUT2D eigenvalue weighted by Gasteiger charge is 2.31. The first-order valence-corrected chi connectivity index (χ1v) is 11.6. The number of hydrogen-bond donors (Lipinski definition) is 2. The Hall–Kier alpha value is -3.98. The Kier molecular flexibility index (Phi) is 6.33. The predicted octanol–water partition coefficient (Wildman–Crippen LogP) is 4.18. The molecule has 4 aromatic rings. The minimum absolute atomic E-state index is 0.0488. The van der Waals surface area contributed by atoms with E-state index in [4.69, 9.17) is 14.6 Å². The average molecular weight is 474 g/mol. The van der Waals surface area contributed by atoms with Gasteiger partial charge in [-0.3, -0.25) is 14.8 Å². The first-order chi connectivity index (χ1) is 17.0. The molecular weight excluding hydrogens is 446 g/mol. The van der Waals surface area contributed by atoms with Crippen LogP contribution in [0.25, 0.3) is 22.3 Å². The van der Waals surface area contributed by atoms with Gasteiger partial charge < -0.3 is 24.5 Å². The minimum atomic E-state index is -0.0792. The van der Waals surface area contributed by atoms with Crippen LogP contribution in [-0.2, 0) is 4.79 Å². The molecule has 1 saturated heterocycles. The predicted molar refractivity (Wildman–Crippen MR) is 130 cm³/mol. The molecule has 1 amide bonds. The fraction of sp³-hybridized carbons (Fsp3) is 0.308. The van der Waals surface area contributed by atoms with Gasteiger partial charge in [0, 0.05) is 42.2 Å². The molecule has 0 bridgehead atoms. The summed E-state index contributed by atoms with van der Waals surface area (Å²) in [6, 6.07) is 9.47. The molecule has 180 valence electrons. The van der Waals surface area contributed by atoms with Gasteiger partial charge in [0.1, 0.15) is 23.8 Å². The van der Waals surface area contributed by atoms with E-state index in [1.165, 1.54) is 0 Å². The number of benzene rings is 1. The van der Waals surface area contributed by atoms with Crippen LogP contribution in [0.2, 0.25) is 0 Å². The van der Waals surface area contributed by atoms with E-state index >= 15 is 0 Å². The number of nitrogens with one attached hydrogen (secondary N) is 1. The Balaban J connectivity index is 1.54. The first-order valence-electron chi connectivity index (χ1n) is 11.6. The first kappa shape index (κ1) is 22.8. The van der Waals surface area contributed by atoms with Gasteiger partial charge in [0.2, 0.25) is 11.8 Å². The molecule has 1 aliphatic rings. The van der Waals surface area contributed by atoms with Crippen LogP contribution in [-0.4, -0.2) is 55.6 Å². The second-order valence-electron chi connectivity index (χ2n) is 8.58. The molecule has 1 fully saturated rings. The molecule has 1 aromatic carbocycles. The smallest absolute Gasteiger partial charge is 0.219 e. The van der Waals surface area contributed by atoms with Gasteiger partial charge in [-0.2, -0.15) is 0 Å². The molecule has 4 heterocycles. The molecule has 1 aliphatic heterocycles. The maximum absolute atomic E-state index is 12.3. The number of aromatic nitrogens is 4. The van der Waals surface area contributed by atoms with E-state index in [9.17, 15) is 4.79 Å². The highest BCUT2D eigenvalue weighted by molar-refractivity contribution is 5.88. The standard InChI is InChI=1S/C26H27N5O4/c1-16-13-28-23(15-27-16)22-10-18-11-25(35-19-5-6-26(29-14-19)34-9-8-32)20(12-21(18)30-22)24-4-3-7-31(24)17(2)33/h5-6,10-15,24,30,32H,3-4,7-9H2,1-2H3/t24-/m1/s1. The number of H-pyrrole nitrogens is 1. The summed E-state index contributed by atoms with van der Waals surface area (Å²) in [6.07, 6.45) is 6.88. The van der Waals surface area contributed by atoms with Crippen LogP contribution in [0.1, 0.15) is 37.1 Å². The number of hydrogen-bond acceptors (Lipinski definition) is 7. The third-order valence-corrected chi connectivity index (χ3v) is 6.10. The maximum atomic E-state index is 12.3. The summed E-state index contributed by atoms with van der Waals surface area (Å²) in [4.78, 5) is 30.8. The average Bonchev–Trinajstić information content (AvgIpc) is 3.51. The highest BCUT2D eigenvalue weighted by Crippen LogP contribution is 2.41. The van der Waals surface area contributed by atoms with Crippen molar-refractivity contribution in [1.29, 1.82) is 0 Å². The van der Waals surface area contributed by atoms with Gasteiger partial charge in [0.25, 0.3) is 0 Å². The second-order valence-corrected chi connectivity index (χ2v) is 8.58. The van der Waals surface area contributed by atoms with Gasteiger partial charge in [-0.25, -0.2) is 4.98 Å². The number of pyridine rings is 1. The van der Waals surface area contributed by atoms with Crippen LogP contribution in [0.3, 0.4) is 0 Å². The van der Waals surface area contributed by atoms with Crippen molar-refractivity contribution in [3.63, 3.8) is 0 Å². The van der Waals surface area contributed by atoms with Gasteiger partial charge in [-0.05, 0) is 44.0 Å². The molecule has 0 aliphatic carbocycles. The number of nitrogens with zero attached hydrogens (tertiary/aromatic N) is 4. The molecular formula is C26H27N5O4. The number of amides is 1. The SMILES string of the molecule is CC(=O)N1CCC[C@@H]1c1cc2[nH]c(-c3cnc(C)cn3)cc2cc1Oc1ccc(OCCO)nc1. The number of aliphatic hydroxyl groups is 1. The number of likely N-dealkylation sites (tertiary alicyclic amines) is 1. The van der Waals surface area contributed by atoms with E-state index in [2.05, 4.69) is 26.0 Å². The summed E-state index contributed by atoms with van der Waals surface area (Å²) < 4.78 is 11.6. The van der Waals surface area contributed by atoms with E-state index in [0.717, 1.165) is 52.9 Å². The van der Waals surface area contributed by atoms with Crippen LogP contribution < -0.4 is 9.47 Å². The molecule has 5 rings (SSSR count). The number of fused-ring (bicyclic) bond motifs is 1. The van der Waals surface area contributed by atoms with E-state index in [-0.39, 0.29) is 25.2 Å². The van der Waals surface area contributed by atoms with Crippen molar-refractivity contribution in [1.82, 2.24) is 24.8 Å². The monoisotopic (exact) mass is 473 g/mol. The zero-order valence-corrected chi connectivity index (χ0v) is 19.7. The third kappa shape index (κ3) is 4.81. The number of aliphatic hydroxyl groups excluding tert-OH is 1. The Bertz CT molecular complexity index is 1330. The number of carbonyl (C=O) groups excluding carboxylic acids is 1. The van der Waals surface area contributed by atoms with Gasteiger partial charge in [0.05, 0.1) is 36.4 Å². The Morgan fingerprint density at radius 1 is 1.17 bits per heavy atom. The Morgan fingerprint density at radius 3 is 2.77 bits per heavy atom. The van der Waals surface area contributed by atoms with Crippen molar-refractivity contribution in [2.24, 2.45) is 0 Å². The fourth-order valence-electron chi connectivity index (χ4n) is 4.45. The topological polar surface area (TPSA) is 113 Å².